The number of rotatable bonds is 3. The minimum absolute atomic E-state index is 0.0103. The lowest BCUT2D eigenvalue weighted by atomic mass is 9.94. The second-order valence-electron chi connectivity index (χ2n) is 5.32. The Labute approximate surface area is 121 Å². The van der Waals surface area contributed by atoms with Crippen LogP contribution in [0, 0.1) is 5.92 Å². The highest BCUT2D eigenvalue weighted by atomic mass is 19.4. The van der Waals surface area contributed by atoms with Gasteiger partial charge in [0.1, 0.15) is 0 Å². The summed E-state index contributed by atoms with van der Waals surface area (Å²) >= 11 is 0. The highest BCUT2D eigenvalue weighted by molar-refractivity contribution is 5.94. The third-order valence-corrected chi connectivity index (χ3v) is 3.80. The number of anilines is 1. The number of alkyl halides is 3. The third kappa shape index (κ3) is 4.20. The zero-order chi connectivity index (χ0) is 15.5. The number of carbonyl (C=O) groups excluding carboxylic acids is 1. The first kappa shape index (κ1) is 15.8. The number of aryl methyl sites for hydroxylation is 1. The van der Waals surface area contributed by atoms with Gasteiger partial charge in [0.2, 0.25) is 5.91 Å². The van der Waals surface area contributed by atoms with Gasteiger partial charge in [-0.1, -0.05) is 19.1 Å². The summed E-state index contributed by atoms with van der Waals surface area (Å²) in [4.78, 5) is 12.1. The summed E-state index contributed by atoms with van der Waals surface area (Å²) in [7, 11) is 0. The number of halogens is 3. The largest absolute Gasteiger partial charge is 0.393 e. The van der Waals surface area contributed by atoms with Gasteiger partial charge in [-0.05, 0) is 37.0 Å². The van der Waals surface area contributed by atoms with E-state index in [0.717, 1.165) is 12.0 Å². The fourth-order valence-electron chi connectivity index (χ4n) is 2.46. The van der Waals surface area contributed by atoms with Gasteiger partial charge in [-0.15, -0.1) is 0 Å². The van der Waals surface area contributed by atoms with E-state index in [1.54, 1.807) is 6.07 Å². The smallest absolute Gasteiger partial charge is 0.325 e. The normalized spacial score (nSPS) is 22.9. The topological polar surface area (TPSA) is 41.1 Å². The Balaban J connectivity index is 1.90. The van der Waals surface area contributed by atoms with E-state index in [4.69, 9.17) is 0 Å². The number of hydrogen-bond donors (Lipinski definition) is 2. The lowest BCUT2D eigenvalue weighted by molar-refractivity contribution is -0.180. The van der Waals surface area contributed by atoms with Crippen LogP contribution in [0.5, 0.6) is 0 Å². The maximum Gasteiger partial charge on any atom is 0.393 e. The lowest BCUT2D eigenvalue weighted by Crippen LogP contribution is -2.49. The molecule has 0 aromatic heterocycles. The Hall–Kier alpha value is -1.56. The Morgan fingerprint density at radius 1 is 1.38 bits per heavy atom. The number of carbonyl (C=O) groups is 1. The lowest BCUT2D eigenvalue weighted by Gasteiger charge is -2.30. The minimum atomic E-state index is -4.19. The maximum absolute atomic E-state index is 12.6. The molecule has 1 aromatic rings. The van der Waals surface area contributed by atoms with Gasteiger partial charge in [0, 0.05) is 12.2 Å². The summed E-state index contributed by atoms with van der Waals surface area (Å²) < 4.78 is 37.7. The molecule has 0 radical (unpaired) electrons. The van der Waals surface area contributed by atoms with Crippen molar-refractivity contribution in [2.75, 3.05) is 11.9 Å². The number of amides is 1. The molecule has 1 aliphatic rings. The van der Waals surface area contributed by atoms with Gasteiger partial charge in [-0.3, -0.25) is 4.79 Å². The number of benzene rings is 1. The van der Waals surface area contributed by atoms with E-state index < -0.39 is 18.1 Å². The summed E-state index contributed by atoms with van der Waals surface area (Å²) in [5, 5.41) is 5.45. The zero-order valence-electron chi connectivity index (χ0n) is 11.8. The Morgan fingerprint density at radius 2 is 2.14 bits per heavy atom. The summed E-state index contributed by atoms with van der Waals surface area (Å²) in [6.45, 7) is 1.82. The average Bonchev–Trinajstić information content (AvgIpc) is 2.46. The standard InChI is InChI=1S/C15H19F3N2O/c1-2-10-4-3-5-12(8-10)20-14(21)13-7-6-11(9-19-13)15(16,17)18/h3-5,8,11,13,19H,2,6-7,9H2,1H3,(H,20,21). The fourth-order valence-corrected chi connectivity index (χ4v) is 2.46. The van der Waals surface area contributed by atoms with Crippen LogP contribution in [-0.2, 0) is 11.2 Å². The van der Waals surface area contributed by atoms with Crippen molar-refractivity contribution in [3.8, 4) is 0 Å². The van der Waals surface area contributed by atoms with E-state index in [0.29, 0.717) is 5.69 Å². The first-order valence-electron chi connectivity index (χ1n) is 7.10. The average molecular weight is 300 g/mol. The van der Waals surface area contributed by atoms with E-state index in [-0.39, 0.29) is 25.3 Å². The molecule has 0 bridgehead atoms. The number of piperidine rings is 1. The van der Waals surface area contributed by atoms with Crippen molar-refractivity contribution >= 4 is 11.6 Å². The van der Waals surface area contributed by atoms with Crippen LogP contribution in [0.1, 0.15) is 25.3 Å². The van der Waals surface area contributed by atoms with Crippen molar-refractivity contribution in [1.82, 2.24) is 5.32 Å². The monoisotopic (exact) mass is 300 g/mol. The predicted octanol–water partition coefficient (Wildman–Crippen LogP) is 3.12. The van der Waals surface area contributed by atoms with Gasteiger partial charge < -0.3 is 10.6 Å². The molecule has 6 heteroatoms. The van der Waals surface area contributed by atoms with Gasteiger partial charge in [0.05, 0.1) is 12.0 Å². The second kappa shape index (κ2) is 6.47. The number of hydrogen-bond acceptors (Lipinski definition) is 2. The second-order valence-corrected chi connectivity index (χ2v) is 5.32. The molecule has 116 valence electrons. The summed E-state index contributed by atoms with van der Waals surface area (Å²) in [5.41, 5.74) is 1.78. The Bertz CT molecular complexity index is 494. The highest BCUT2D eigenvalue weighted by Crippen LogP contribution is 2.32. The van der Waals surface area contributed by atoms with Crippen molar-refractivity contribution < 1.29 is 18.0 Å². The molecule has 0 saturated carbocycles. The molecule has 0 spiro atoms. The van der Waals surface area contributed by atoms with E-state index in [2.05, 4.69) is 10.6 Å². The van der Waals surface area contributed by atoms with Gasteiger partial charge >= 0.3 is 6.18 Å². The van der Waals surface area contributed by atoms with E-state index in [1.165, 1.54) is 0 Å². The molecule has 2 unspecified atom stereocenters. The minimum Gasteiger partial charge on any atom is -0.325 e. The Morgan fingerprint density at radius 3 is 2.71 bits per heavy atom. The molecule has 2 rings (SSSR count). The molecule has 1 saturated heterocycles. The number of nitrogens with one attached hydrogen (secondary N) is 2. The van der Waals surface area contributed by atoms with Gasteiger partial charge in [-0.2, -0.15) is 13.2 Å². The SMILES string of the molecule is CCc1cccc(NC(=O)C2CCC(C(F)(F)F)CN2)c1. The van der Waals surface area contributed by atoms with Crippen LogP contribution in [0.4, 0.5) is 18.9 Å². The molecule has 1 fully saturated rings. The molecule has 1 amide bonds. The van der Waals surface area contributed by atoms with Crippen molar-refractivity contribution in [1.29, 1.82) is 0 Å². The van der Waals surface area contributed by atoms with Crippen molar-refractivity contribution in [3.05, 3.63) is 29.8 Å². The van der Waals surface area contributed by atoms with Gasteiger partial charge in [0.15, 0.2) is 0 Å². The van der Waals surface area contributed by atoms with Crippen molar-refractivity contribution in [3.63, 3.8) is 0 Å². The molecular weight excluding hydrogens is 281 g/mol. The zero-order valence-corrected chi connectivity index (χ0v) is 11.8. The summed E-state index contributed by atoms with van der Waals surface area (Å²) in [5.74, 6) is -1.63. The van der Waals surface area contributed by atoms with Crippen LogP contribution in [0.2, 0.25) is 0 Å². The molecule has 1 aliphatic heterocycles. The molecule has 3 nitrogen and oxygen atoms in total. The predicted molar refractivity (Wildman–Crippen MR) is 75.0 cm³/mol. The Kier molecular flexibility index (Phi) is 4.88. The van der Waals surface area contributed by atoms with E-state index in [9.17, 15) is 18.0 Å². The van der Waals surface area contributed by atoms with Crippen LogP contribution >= 0.6 is 0 Å². The molecular formula is C15H19F3N2O. The van der Waals surface area contributed by atoms with Crippen molar-refractivity contribution in [2.45, 2.75) is 38.4 Å². The summed E-state index contributed by atoms with van der Waals surface area (Å²) in [6.07, 6.45) is -3.14. The van der Waals surface area contributed by atoms with Crippen LogP contribution in [0.3, 0.4) is 0 Å². The maximum atomic E-state index is 12.6. The van der Waals surface area contributed by atoms with Crippen LogP contribution in [0.15, 0.2) is 24.3 Å². The van der Waals surface area contributed by atoms with E-state index in [1.807, 2.05) is 25.1 Å². The molecule has 21 heavy (non-hydrogen) atoms. The first-order valence-corrected chi connectivity index (χ1v) is 7.10. The van der Waals surface area contributed by atoms with Crippen LogP contribution in [0.25, 0.3) is 0 Å². The fraction of sp³-hybridized carbons (Fsp3) is 0.533. The molecule has 1 heterocycles. The van der Waals surface area contributed by atoms with Gasteiger partial charge in [-0.25, -0.2) is 0 Å². The third-order valence-electron chi connectivity index (χ3n) is 3.80. The summed E-state index contributed by atoms with van der Waals surface area (Å²) in [6, 6.07) is 6.90. The van der Waals surface area contributed by atoms with Crippen LogP contribution in [-0.4, -0.2) is 24.7 Å². The quantitative estimate of drug-likeness (QED) is 0.900. The van der Waals surface area contributed by atoms with E-state index >= 15 is 0 Å². The molecule has 1 aromatic carbocycles. The van der Waals surface area contributed by atoms with Crippen molar-refractivity contribution in [2.24, 2.45) is 5.92 Å². The first-order chi connectivity index (χ1) is 9.90. The molecule has 2 N–H and O–H groups in total. The highest BCUT2D eigenvalue weighted by Gasteiger charge is 2.42. The molecule has 0 aliphatic carbocycles. The molecule has 2 atom stereocenters. The van der Waals surface area contributed by atoms with Gasteiger partial charge in [0.25, 0.3) is 0 Å². The van der Waals surface area contributed by atoms with Crippen LogP contribution < -0.4 is 10.6 Å².